The number of halogens is 6. The van der Waals surface area contributed by atoms with Gasteiger partial charge in [-0.2, -0.15) is 13.2 Å². The van der Waals surface area contributed by atoms with Crippen molar-refractivity contribution < 1.29 is 18.0 Å². The van der Waals surface area contributed by atoms with Gasteiger partial charge >= 0.3 is 6.18 Å². The normalized spacial score (nSPS) is 22.4. The number of benzene rings is 1. The van der Waals surface area contributed by atoms with Crippen molar-refractivity contribution in [3.05, 3.63) is 39.4 Å². The summed E-state index contributed by atoms with van der Waals surface area (Å²) in [4.78, 5) is 12.3. The van der Waals surface area contributed by atoms with Crippen LogP contribution in [0.25, 0.3) is 0 Å². The van der Waals surface area contributed by atoms with Crippen LogP contribution in [0.5, 0.6) is 0 Å². The minimum absolute atomic E-state index is 0.0345. The topological polar surface area (TPSA) is 29.1 Å². The number of carbonyl (C=O) groups excluding carboxylic acids is 1. The molecular formula is C15H13Cl3F3NO. The van der Waals surface area contributed by atoms with Gasteiger partial charge in [-0.1, -0.05) is 48.7 Å². The molecule has 1 aromatic carbocycles. The molecule has 0 heterocycles. The molecule has 1 aromatic rings. The molecule has 1 saturated carbocycles. The predicted octanol–water partition coefficient (Wildman–Crippen LogP) is 5.89. The average molecular weight is 387 g/mol. The second-order valence-electron chi connectivity index (χ2n) is 5.96. The average Bonchev–Trinajstić information content (AvgIpc) is 2.91. The van der Waals surface area contributed by atoms with Crippen LogP contribution < -0.4 is 5.32 Å². The summed E-state index contributed by atoms with van der Waals surface area (Å²) in [6.45, 7) is 3.70. The molecule has 1 fully saturated rings. The summed E-state index contributed by atoms with van der Waals surface area (Å²) in [6, 6.07) is 2.78. The molecule has 2 atom stereocenters. The second-order valence-corrected chi connectivity index (χ2v) is 7.38. The number of rotatable bonds is 3. The Morgan fingerprint density at radius 3 is 2.43 bits per heavy atom. The first-order chi connectivity index (χ1) is 10.4. The van der Waals surface area contributed by atoms with Crippen molar-refractivity contribution in [3.63, 3.8) is 0 Å². The van der Waals surface area contributed by atoms with Crippen LogP contribution in [0.4, 0.5) is 18.9 Å². The predicted molar refractivity (Wildman–Crippen MR) is 85.6 cm³/mol. The molecule has 0 aromatic heterocycles. The standard InChI is InChI=1S/C15H13Cl3F3NO/c1-14(2)8(6-11(17)18)12(14)13(23)22-10-5-7(15(19,20)21)3-4-9(10)16/h3-6,8,12H,1-2H3,(H,22,23)/t8-,12-/m0/s1. The van der Waals surface area contributed by atoms with Crippen LogP contribution in [0.1, 0.15) is 19.4 Å². The molecule has 1 amide bonds. The molecule has 0 saturated heterocycles. The number of anilines is 1. The summed E-state index contributed by atoms with van der Waals surface area (Å²) in [5, 5.41) is 2.49. The zero-order valence-electron chi connectivity index (χ0n) is 12.1. The van der Waals surface area contributed by atoms with Crippen molar-refractivity contribution in [2.24, 2.45) is 17.3 Å². The SMILES string of the molecule is CC1(C)[C@H](C(=O)Nc2cc(C(F)(F)F)ccc2Cl)[C@@H]1C=C(Cl)Cl. The lowest BCUT2D eigenvalue weighted by Crippen LogP contribution is -2.18. The third kappa shape index (κ3) is 3.95. The highest BCUT2D eigenvalue weighted by Crippen LogP contribution is 2.60. The smallest absolute Gasteiger partial charge is 0.324 e. The number of allylic oxidation sites excluding steroid dienone is 1. The van der Waals surface area contributed by atoms with Crippen molar-refractivity contribution in [3.8, 4) is 0 Å². The van der Waals surface area contributed by atoms with Gasteiger partial charge in [0, 0.05) is 0 Å². The Kier molecular flexibility index (Phi) is 4.96. The molecule has 8 heteroatoms. The molecule has 0 radical (unpaired) electrons. The molecule has 1 aliphatic rings. The highest BCUT2D eigenvalue weighted by atomic mass is 35.5. The van der Waals surface area contributed by atoms with E-state index in [1.807, 2.05) is 13.8 Å². The van der Waals surface area contributed by atoms with E-state index in [9.17, 15) is 18.0 Å². The summed E-state index contributed by atoms with van der Waals surface area (Å²) in [7, 11) is 0. The minimum Gasteiger partial charge on any atom is -0.324 e. The number of hydrogen-bond acceptors (Lipinski definition) is 1. The van der Waals surface area contributed by atoms with E-state index in [2.05, 4.69) is 5.32 Å². The summed E-state index contributed by atoms with van der Waals surface area (Å²) < 4.78 is 38.3. The molecule has 1 N–H and O–H groups in total. The third-order valence-corrected chi connectivity index (χ3v) is 4.63. The fourth-order valence-corrected chi connectivity index (χ4v) is 3.07. The minimum atomic E-state index is -4.51. The third-order valence-electron chi connectivity index (χ3n) is 4.05. The van der Waals surface area contributed by atoms with Gasteiger partial charge in [-0.15, -0.1) is 0 Å². The Morgan fingerprint density at radius 1 is 1.30 bits per heavy atom. The van der Waals surface area contributed by atoms with E-state index in [-0.39, 0.29) is 26.5 Å². The van der Waals surface area contributed by atoms with Gasteiger partial charge in [-0.05, 0) is 35.6 Å². The van der Waals surface area contributed by atoms with Crippen molar-refractivity contribution >= 4 is 46.4 Å². The zero-order valence-corrected chi connectivity index (χ0v) is 14.4. The van der Waals surface area contributed by atoms with Crippen LogP contribution in [0.2, 0.25) is 5.02 Å². The van der Waals surface area contributed by atoms with Gasteiger partial charge in [-0.3, -0.25) is 4.79 Å². The summed E-state index contributed by atoms with van der Waals surface area (Å²) in [6.07, 6.45) is -2.96. The highest BCUT2D eigenvalue weighted by Gasteiger charge is 2.60. The first-order valence-corrected chi connectivity index (χ1v) is 7.78. The van der Waals surface area contributed by atoms with E-state index in [0.29, 0.717) is 0 Å². The van der Waals surface area contributed by atoms with Gasteiger partial charge in [0.25, 0.3) is 0 Å². The molecular weight excluding hydrogens is 374 g/mol. The Morgan fingerprint density at radius 2 is 1.91 bits per heavy atom. The Hall–Kier alpha value is -0.910. The molecule has 2 nitrogen and oxygen atoms in total. The van der Waals surface area contributed by atoms with E-state index in [0.717, 1.165) is 18.2 Å². The lowest BCUT2D eigenvalue weighted by molar-refractivity contribution is -0.137. The summed E-state index contributed by atoms with van der Waals surface area (Å²) in [5.74, 6) is -1.05. The molecule has 0 spiro atoms. The van der Waals surface area contributed by atoms with Gasteiger partial charge in [-0.25, -0.2) is 0 Å². The van der Waals surface area contributed by atoms with Crippen LogP contribution >= 0.6 is 34.8 Å². The van der Waals surface area contributed by atoms with E-state index >= 15 is 0 Å². The van der Waals surface area contributed by atoms with Crippen molar-refractivity contribution in [1.82, 2.24) is 0 Å². The van der Waals surface area contributed by atoms with E-state index in [1.54, 1.807) is 6.08 Å². The quantitative estimate of drug-likeness (QED) is 0.689. The maximum atomic E-state index is 12.7. The van der Waals surface area contributed by atoms with Crippen molar-refractivity contribution in [2.45, 2.75) is 20.0 Å². The monoisotopic (exact) mass is 385 g/mol. The van der Waals surface area contributed by atoms with Crippen molar-refractivity contribution in [1.29, 1.82) is 0 Å². The molecule has 0 aliphatic heterocycles. The Bertz CT molecular complexity index is 666. The largest absolute Gasteiger partial charge is 0.416 e. The zero-order chi connectivity index (χ0) is 17.6. The van der Waals surface area contributed by atoms with Crippen LogP contribution in [0.15, 0.2) is 28.8 Å². The lowest BCUT2D eigenvalue weighted by atomic mass is 10.1. The van der Waals surface area contributed by atoms with E-state index in [1.165, 1.54) is 0 Å². The van der Waals surface area contributed by atoms with Gasteiger partial charge < -0.3 is 5.32 Å². The first-order valence-electron chi connectivity index (χ1n) is 6.65. The number of amides is 1. The summed E-state index contributed by atoms with van der Waals surface area (Å²) in [5.41, 5.74) is -1.34. The van der Waals surface area contributed by atoms with E-state index < -0.39 is 23.6 Å². The molecule has 1 aliphatic carbocycles. The maximum Gasteiger partial charge on any atom is 0.416 e. The lowest BCUT2D eigenvalue weighted by Gasteiger charge is -2.12. The maximum absolute atomic E-state index is 12.7. The number of alkyl halides is 3. The van der Waals surface area contributed by atoms with Crippen LogP contribution in [0.3, 0.4) is 0 Å². The molecule has 0 bridgehead atoms. The second kappa shape index (κ2) is 6.19. The molecule has 23 heavy (non-hydrogen) atoms. The Balaban J connectivity index is 2.20. The van der Waals surface area contributed by atoms with Gasteiger partial charge in [0.05, 0.1) is 22.2 Å². The van der Waals surface area contributed by atoms with Crippen LogP contribution in [0, 0.1) is 17.3 Å². The molecule has 2 rings (SSSR count). The molecule has 0 unspecified atom stereocenters. The number of hydrogen-bond donors (Lipinski definition) is 1. The van der Waals surface area contributed by atoms with Gasteiger partial charge in [0.2, 0.25) is 5.91 Å². The summed E-state index contributed by atoms with van der Waals surface area (Å²) >= 11 is 17.1. The van der Waals surface area contributed by atoms with Crippen LogP contribution in [-0.4, -0.2) is 5.91 Å². The van der Waals surface area contributed by atoms with E-state index in [4.69, 9.17) is 34.8 Å². The fraction of sp³-hybridized carbons (Fsp3) is 0.400. The van der Waals surface area contributed by atoms with Gasteiger partial charge in [0.1, 0.15) is 4.49 Å². The van der Waals surface area contributed by atoms with Gasteiger partial charge in [0.15, 0.2) is 0 Å². The fourth-order valence-electron chi connectivity index (χ4n) is 2.63. The van der Waals surface area contributed by atoms with Crippen molar-refractivity contribution in [2.75, 3.05) is 5.32 Å². The highest BCUT2D eigenvalue weighted by molar-refractivity contribution is 6.55. The number of nitrogens with one attached hydrogen (secondary N) is 1. The van der Waals surface area contributed by atoms with Crippen LogP contribution in [-0.2, 0) is 11.0 Å². The number of carbonyl (C=O) groups is 1. The Labute approximate surface area is 146 Å². The molecule has 126 valence electrons. The first kappa shape index (κ1) is 18.4.